The third-order valence-electron chi connectivity index (χ3n) is 3.07. The molecule has 0 saturated carbocycles. The van der Waals surface area contributed by atoms with Gasteiger partial charge in [0.15, 0.2) is 0 Å². The van der Waals surface area contributed by atoms with E-state index in [1.54, 1.807) is 0 Å². The number of hydrogen-bond donors (Lipinski definition) is 1. The summed E-state index contributed by atoms with van der Waals surface area (Å²) < 4.78 is 0. The Bertz CT molecular complexity index is 396. The molecule has 0 saturated heterocycles. The Hall–Kier alpha value is -1.67. The Labute approximate surface area is 109 Å². The summed E-state index contributed by atoms with van der Waals surface area (Å²) in [6, 6.07) is 17.2. The van der Waals surface area contributed by atoms with E-state index in [-0.39, 0.29) is 0 Å². The molecule has 1 atom stereocenters. The minimum atomic E-state index is 0.507. The van der Waals surface area contributed by atoms with Crippen LogP contribution in [0, 0.1) is 0 Å². The van der Waals surface area contributed by atoms with Gasteiger partial charge < -0.3 is 5.32 Å². The van der Waals surface area contributed by atoms with E-state index in [1.807, 2.05) is 18.3 Å². The van der Waals surface area contributed by atoms with Crippen LogP contribution in [0.25, 0.3) is 0 Å². The minimum absolute atomic E-state index is 0.507. The van der Waals surface area contributed by atoms with Crippen molar-refractivity contribution < 1.29 is 0 Å². The molecule has 0 spiro atoms. The average molecular weight is 240 g/mol. The topological polar surface area (TPSA) is 24.9 Å². The van der Waals surface area contributed by atoms with Crippen LogP contribution >= 0.6 is 0 Å². The minimum Gasteiger partial charge on any atom is -0.309 e. The zero-order valence-corrected chi connectivity index (χ0v) is 10.8. The Balaban J connectivity index is 1.71. The molecule has 1 aromatic carbocycles. The first-order valence-corrected chi connectivity index (χ1v) is 6.52. The van der Waals surface area contributed by atoms with Crippen LogP contribution in [-0.4, -0.2) is 11.0 Å². The van der Waals surface area contributed by atoms with Crippen LogP contribution in [-0.2, 0) is 13.0 Å². The van der Waals surface area contributed by atoms with Crippen LogP contribution in [0.5, 0.6) is 0 Å². The molecule has 1 N–H and O–H groups in total. The van der Waals surface area contributed by atoms with Gasteiger partial charge >= 0.3 is 0 Å². The van der Waals surface area contributed by atoms with Crippen LogP contribution < -0.4 is 5.32 Å². The van der Waals surface area contributed by atoms with Gasteiger partial charge in [0, 0.05) is 18.8 Å². The lowest BCUT2D eigenvalue weighted by atomic mass is 10.1. The van der Waals surface area contributed by atoms with Gasteiger partial charge in [0.2, 0.25) is 0 Å². The van der Waals surface area contributed by atoms with E-state index in [0.29, 0.717) is 6.04 Å². The van der Waals surface area contributed by atoms with Crippen LogP contribution in [0.15, 0.2) is 54.7 Å². The van der Waals surface area contributed by atoms with Crippen molar-refractivity contribution in [3.63, 3.8) is 0 Å². The second-order valence-electron chi connectivity index (χ2n) is 4.63. The molecule has 0 amide bonds. The van der Waals surface area contributed by atoms with Gasteiger partial charge in [-0.25, -0.2) is 0 Å². The van der Waals surface area contributed by atoms with E-state index >= 15 is 0 Å². The van der Waals surface area contributed by atoms with Gasteiger partial charge in [-0.2, -0.15) is 0 Å². The first-order valence-electron chi connectivity index (χ1n) is 6.52. The van der Waals surface area contributed by atoms with Crippen molar-refractivity contribution in [3.05, 3.63) is 66.0 Å². The van der Waals surface area contributed by atoms with Gasteiger partial charge in [0.1, 0.15) is 0 Å². The molecule has 18 heavy (non-hydrogen) atoms. The third kappa shape index (κ3) is 4.30. The largest absolute Gasteiger partial charge is 0.309 e. The number of hydrogen-bond acceptors (Lipinski definition) is 2. The highest BCUT2D eigenvalue weighted by atomic mass is 14.9. The van der Waals surface area contributed by atoms with Crippen molar-refractivity contribution >= 4 is 0 Å². The molecule has 0 aliphatic carbocycles. The van der Waals surface area contributed by atoms with Gasteiger partial charge in [0.05, 0.1) is 5.69 Å². The van der Waals surface area contributed by atoms with E-state index in [0.717, 1.165) is 25.1 Å². The van der Waals surface area contributed by atoms with Gasteiger partial charge in [-0.05, 0) is 37.5 Å². The maximum atomic E-state index is 4.31. The molecule has 0 fully saturated rings. The molecule has 1 unspecified atom stereocenters. The van der Waals surface area contributed by atoms with Crippen molar-refractivity contribution in [2.45, 2.75) is 32.4 Å². The highest BCUT2D eigenvalue weighted by molar-refractivity contribution is 5.14. The summed E-state index contributed by atoms with van der Waals surface area (Å²) in [6.07, 6.45) is 4.11. The molecule has 1 aromatic heterocycles. The van der Waals surface area contributed by atoms with Crippen LogP contribution in [0.4, 0.5) is 0 Å². The Morgan fingerprint density at radius 1 is 1.06 bits per heavy atom. The predicted octanol–water partition coefficient (Wildman–Crippen LogP) is 3.19. The molecule has 0 radical (unpaired) electrons. The number of pyridine rings is 1. The first kappa shape index (κ1) is 12.8. The summed E-state index contributed by atoms with van der Waals surface area (Å²) in [5.41, 5.74) is 2.51. The number of nitrogens with zero attached hydrogens (tertiary/aromatic N) is 1. The fourth-order valence-corrected chi connectivity index (χ4v) is 1.91. The standard InChI is InChI=1S/C16H20N2/c1-14(10-11-15-7-3-2-4-8-15)18-13-16-9-5-6-12-17-16/h2-9,12,14,18H,10-11,13H2,1H3. The monoisotopic (exact) mass is 240 g/mol. The molecule has 0 aliphatic heterocycles. The Kier molecular flexibility index (Phi) is 4.91. The lowest BCUT2D eigenvalue weighted by Crippen LogP contribution is -2.26. The zero-order chi connectivity index (χ0) is 12.6. The summed E-state index contributed by atoms with van der Waals surface area (Å²) in [7, 11) is 0. The van der Waals surface area contributed by atoms with E-state index in [4.69, 9.17) is 0 Å². The smallest absolute Gasteiger partial charge is 0.0541 e. The van der Waals surface area contributed by atoms with E-state index in [1.165, 1.54) is 5.56 Å². The van der Waals surface area contributed by atoms with Crippen molar-refractivity contribution in [2.75, 3.05) is 0 Å². The molecule has 1 heterocycles. The van der Waals surface area contributed by atoms with Gasteiger partial charge in [-0.15, -0.1) is 0 Å². The Morgan fingerprint density at radius 2 is 1.83 bits per heavy atom. The van der Waals surface area contributed by atoms with Gasteiger partial charge in [-0.1, -0.05) is 36.4 Å². The second-order valence-corrected chi connectivity index (χ2v) is 4.63. The maximum absolute atomic E-state index is 4.31. The SMILES string of the molecule is CC(CCc1ccccc1)NCc1ccccn1. The molecule has 0 bridgehead atoms. The Morgan fingerprint density at radius 3 is 2.56 bits per heavy atom. The summed E-state index contributed by atoms with van der Waals surface area (Å²) >= 11 is 0. The molecular weight excluding hydrogens is 220 g/mol. The molecular formula is C16H20N2. The number of nitrogens with one attached hydrogen (secondary N) is 1. The average Bonchev–Trinajstić information content (AvgIpc) is 2.45. The second kappa shape index (κ2) is 6.92. The number of aromatic nitrogens is 1. The van der Waals surface area contributed by atoms with Crippen molar-refractivity contribution in [2.24, 2.45) is 0 Å². The van der Waals surface area contributed by atoms with Gasteiger partial charge in [0.25, 0.3) is 0 Å². The van der Waals surface area contributed by atoms with Crippen molar-refractivity contribution in [1.82, 2.24) is 10.3 Å². The number of rotatable bonds is 6. The van der Waals surface area contributed by atoms with Crippen molar-refractivity contribution in [1.29, 1.82) is 0 Å². The highest BCUT2D eigenvalue weighted by Gasteiger charge is 2.02. The first-order chi connectivity index (χ1) is 8.84. The van der Waals surface area contributed by atoms with E-state index in [9.17, 15) is 0 Å². The molecule has 0 aliphatic rings. The molecule has 2 rings (SSSR count). The van der Waals surface area contributed by atoms with E-state index in [2.05, 4.69) is 53.6 Å². The normalized spacial score (nSPS) is 12.3. The lowest BCUT2D eigenvalue weighted by Gasteiger charge is -2.13. The third-order valence-corrected chi connectivity index (χ3v) is 3.07. The van der Waals surface area contributed by atoms with Crippen LogP contribution in [0.3, 0.4) is 0 Å². The highest BCUT2D eigenvalue weighted by Crippen LogP contribution is 2.05. The molecule has 2 heteroatoms. The molecule has 2 aromatic rings. The maximum Gasteiger partial charge on any atom is 0.0541 e. The van der Waals surface area contributed by atoms with Crippen LogP contribution in [0.1, 0.15) is 24.6 Å². The molecule has 2 nitrogen and oxygen atoms in total. The predicted molar refractivity (Wildman–Crippen MR) is 75.3 cm³/mol. The van der Waals surface area contributed by atoms with Crippen LogP contribution in [0.2, 0.25) is 0 Å². The quantitative estimate of drug-likeness (QED) is 0.838. The number of benzene rings is 1. The fraction of sp³-hybridized carbons (Fsp3) is 0.312. The summed E-state index contributed by atoms with van der Waals surface area (Å²) in [4.78, 5) is 4.31. The summed E-state index contributed by atoms with van der Waals surface area (Å²) in [6.45, 7) is 3.07. The number of aryl methyl sites for hydroxylation is 1. The fourth-order valence-electron chi connectivity index (χ4n) is 1.91. The molecule has 94 valence electrons. The summed E-state index contributed by atoms with van der Waals surface area (Å²) in [5, 5.41) is 3.51. The van der Waals surface area contributed by atoms with Crippen molar-refractivity contribution in [3.8, 4) is 0 Å². The van der Waals surface area contributed by atoms with Gasteiger partial charge in [-0.3, -0.25) is 4.98 Å². The lowest BCUT2D eigenvalue weighted by molar-refractivity contribution is 0.510. The summed E-state index contributed by atoms with van der Waals surface area (Å²) in [5.74, 6) is 0. The zero-order valence-electron chi connectivity index (χ0n) is 10.8. The van der Waals surface area contributed by atoms with E-state index < -0.39 is 0 Å².